The molecule has 1 nitrogen and oxygen atoms in total. The van der Waals surface area contributed by atoms with Crippen molar-refractivity contribution in [1.29, 1.82) is 0 Å². The quantitative estimate of drug-likeness (QED) is 0.888. The predicted octanol–water partition coefficient (Wildman–Crippen LogP) is 4.08. The van der Waals surface area contributed by atoms with Crippen LogP contribution in [0, 0.1) is 18.6 Å². The average Bonchev–Trinajstić information content (AvgIpc) is 2.30. The van der Waals surface area contributed by atoms with Crippen molar-refractivity contribution in [2.24, 2.45) is 5.73 Å². The molecule has 0 radical (unpaired) electrons. The first kappa shape index (κ1) is 13.2. The van der Waals surface area contributed by atoms with Crippen LogP contribution in [0.25, 0.3) is 0 Å². The Balaban J connectivity index is 2.47. The topological polar surface area (TPSA) is 26.0 Å². The van der Waals surface area contributed by atoms with Gasteiger partial charge in [-0.2, -0.15) is 0 Å². The number of hydrogen-bond acceptors (Lipinski definition) is 1. The number of benzene rings is 2. The van der Waals surface area contributed by atoms with Crippen molar-refractivity contribution in [3.63, 3.8) is 0 Å². The smallest absolute Gasteiger partial charge is 0.126 e. The van der Waals surface area contributed by atoms with Gasteiger partial charge in [-0.3, -0.25) is 0 Å². The van der Waals surface area contributed by atoms with E-state index in [2.05, 4.69) is 15.9 Å². The second kappa shape index (κ2) is 5.16. The highest BCUT2D eigenvalue weighted by atomic mass is 79.9. The second-order valence-corrected chi connectivity index (χ2v) is 4.95. The summed E-state index contributed by atoms with van der Waals surface area (Å²) in [5, 5.41) is 0. The van der Waals surface area contributed by atoms with E-state index >= 15 is 0 Å². The van der Waals surface area contributed by atoms with Gasteiger partial charge in [0.25, 0.3) is 0 Å². The van der Waals surface area contributed by atoms with Crippen molar-refractivity contribution in [2.45, 2.75) is 13.0 Å². The van der Waals surface area contributed by atoms with Crippen LogP contribution >= 0.6 is 15.9 Å². The first-order chi connectivity index (χ1) is 8.49. The van der Waals surface area contributed by atoms with E-state index in [9.17, 15) is 8.78 Å². The third kappa shape index (κ3) is 2.60. The van der Waals surface area contributed by atoms with Gasteiger partial charge in [-0.05, 0) is 35.7 Å². The van der Waals surface area contributed by atoms with E-state index in [1.807, 2.05) is 25.1 Å². The molecule has 0 saturated heterocycles. The summed E-state index contributed by atoms with van der Waals surface area (Å²) in [7, 11) is 0. The maximum Gasteiger partial charge on any atom is 0.126 e. The highest BCUT2D eigenvalue weighted by Gasteiger charge is 2.15. The molecule has 2 rings (SSSR count). The van der Waals surface area contributed by atoms with Gasteiger partial charge in [-0.15, -0.1) is 0 Å². The SMILES string of the molecule is Cc1cccc(C(N)c2cc(F)cc(F)c2)c1Br. The summed E-state index contributed by atoms with van der Waals surface area (Å²) >= 11 is 3.45. The van der Waals surface area contributed by atoms with Crippen LogP contribution in [-0.4, -0.2) is 0 Å². The molecule has 1 atom stereocenters. The summed E-state index contributed by atoms with van der Waals surface area (Å²) in [4.78, 5) is 0. The molecule has 2 aromatic carbocycles. The highest BCUT2D eigenvalue weighted by Crippen LogP contribution is 2.29. The Hall–Kier alpha value is -1.26. The van der Waals surface area contributed by atoms with Gasteiger partial charge in [-0.25, -0.2) is 8.78 Å². The molecule has 0 aliphatic carbocycles. The molecule has 2 N–H and O–H groups in total. The Labute approximate surface area is 113 Å². The number of hydrogen-bond donors (Lipinski definition) is 1. The first-order valence-electron chi connectivity index (χ1n) is 5.45. The molecule has 0 saturated carbocycles. The number of halogens is 3. The minimum absolute atomic E-state index is 0.416. The fourth-order valence-electron chi connectivity index (χ4n) is 1.84. The number of aryl methyl sites for hydroxylation is 1. The Kier molecular flexibility index (Phi) is 3.78. The molecule has 0 amide bonds. The van der Waals surface area contributed by atoms with Crippen LogP contribution in [0.1, 0.15) is 22.7 Å². The summed E-state index contributed by atoms with van der Waals surface area (Å²) < 4.78 is 27.2. The molecule has 94 valence electrons. The first-order valence-corrected chi connectivity index (χ1v) is 6.25. The van der Waals surface area contributed by atoms with Gasteiger partial charge < -0.3 is 5.73 Å². The Bertz CT molecular complexity index is 564. The van der Waals surface area contributed by atoms with Gasteiger partial charge in [-0.1, -0.05) is 34.1 Å². The van der Waals surface area contributed by atoms with Gasteiger partial charge in [0.15, 0.2) is 0 Å². The van der Waals surface area contributed by atoms with Crippen LogP contribution in [0.5, 0.6) is 0 Å². The van der Waals surface area contributed by atoms with E-state index in [0.717, 1.165) is 21.7 Å². The van der Waals surface area contributed by atoms with E-state index in [1.165, 1.54) is 12.1 Å². The molecule has 0 aliphatic heterocycles. The van der Waals surface area contributed by atoms with Crippen LogP contribution in [0.3, 0.4) is 0 Å². The highest BCUT2D eigenvalue weighted by molar-refractivity contribution is 9.10. The van der Waals surface area contributed by atoms with Crippen molar-refractivity contribution >= 4 is 15.9 Å². The van der Waals surface area contributed by atoms with Gasteiger partial charge in [0.05, 0.1) is 6.04 Å². The van der Waals surface area contributed by atoms with Crippen LogP contribution in [0.15, 0.2) is 40.9 Å². The fourth-order valence-corrected chi connectivity index (χ4v) is 2.36. The molecule has 0 aliphatic rings. The molecule has 1 unspecified atom stereocenters. The molecule has 4 heteroatoms. The summed E-state index contributed by atoms with van der Waals surface area (Å²) in [5.41, 5.74) is 8.31. The molecule has 18 heavy (non-hydrogen) atoms. The minimum Gasteiger partial charge on any atom is -0.320 e. The summed E-state index contributed by atoms with van der Waals surface area (Å²) in [5.74, 6) is -1.24. The van der Waals surface area contributed by atoms with E-state index in [4.69, 9.17) is 5.73 Å². The molecule has 0 bridgehead atoms. The van der Waals surface area contributed by atoms with Gasteiger partial charge >= 0.3 is 0 Å². The second-order valence-electron chi connectivity index (χ2n) is 4.16. The zero-order chi connectivity index (χ0) is 13.3. The maximum atomic E-state index is 13.2. The van der Waals surface area contributed by atoms with Crippen LogP contribution in [-0.2, 0) is 0 Å². The number of nitrogens with two attached hydrogens (primary N) is 1. The molecule has 0 heterocycles. The molecule has 0 spiro atoms. The minimum atomic E-state index is -0.621. The zero-order valence-electron chi connectivity index (χ0n) is 9.75. The monoisotopic (exact) mass is 311 g/mol. The van der Waals surface area contributed by atoms with Crippen LogP contribution < -0.4 is 5.73 Å². The standard InChI is InChI=1S/C14H12BrF2N/c1-8-3-2-4-12(13(8)15)14(18)9-5-10(16)7-11(17)6-9/h2-7,14H,18H2,1H3. The predicted molar refractivity (Wildman–Crippen MR) is 71.3 cm³/mol. The van der Waals surface area contributed by atoms with E-state index in [-0.39, 0.29) is 0 Å². The van der Waals surface area contributed by atoms with E-state index in [0.29, 0.717) is 5.56 Å². The fraction of sp³-hybridized carbons (Fsp3) is 0.143. The van der Waals surface area contributed by atoms with Crippen molar-refractivity contribution in [2.75, 3.05) is 0 Å². The average molecular weight is 312 g/mol. The zero-order valence-corrected chi connectivity index (χ0v) is 11.3. The largest absolute Gasteiger partial charge is 0.320 e. The van der Waals surface area contributed by atoms with E-state index < -0.39 is 17.7 Å². The molecule has 0 fully saturated rings. The molecule has 2 aromatic rings. The van der Waals surface area contributed by atoms with Crippen LogP contribution in [0.2, 0.25) is 0 Å². The normalized spacial score (nSPS) is 12.5. The van der Waals surface area contributed by atoms with Gasteiger partial charge in [0, 0.05) is 10.5 Å². The molecular weight excluding hydrogens is 300 g/mol. The molecular formula is C14H12BrF2N. The lowest BCUT2D eigenvalue weighted by Crippen LogP contribution is -2.13. The Morgan fingerprint density at radius 3 is 2.33 bits per heavy atom. The van der Waals surface area contributed by atoms with Crippen molar-refractivity contribution in [3.8, 4) is 0 Å². The Morgan fingerprint density at radius 1 is 1.11 bits per heavy atom. The van der Waals surface area contributed by atoms with Crippen LogP contribution in [0.4, 0.5) is 8.78 Å². The third-order valence-electron chi connectivity index (χ3n) is 2.80. The lowest BCUT2D eigenvalue weighted by Gasteiger charge is -2.16. The number of rotatable bonds is 2. The van der Waals surface area contributed by atoms with Crippen molar-refractivity contribution in [3.05, 3.63) is 69.2 Å². The lowest BCUT2D eigenvalue weighted by atomic mass is 9.98. The lowest BCUT2D eigenvalue weighted by molar-refractivity contribution is 0.577. The summed E-state index contributed by atoms with van der Waals surface area (Å²) in [6, 6.07) is 8.42. The third-order valence-corrected chi connectivity index (χ3v) is 3.88. The van der Waals surface area contributed by atoms with Crippen molar-refractivity contribution in [1.82, 2.24) is 0 Å². The maximum absolute atomic E-state index is 13.2. The Morgan fingerprint density at radius 2 is 1.72 bits per heavy atom. The van der Waals surface area contributed by atoms with Crippen molar-refractivity contribution < 1.29 is 8.78 Å². The van der Waals surface area contributed by atoms with E-state index in [1.54, 1.807) is 0 Å². The summed E-state index contributed by atoms with van der Waals surface area (Å²) in [6.45, 7) is 1.94. The summed E-state index contributed by atoms with van der Waals surface area (Å²) in [6.07, 6.45) is 0. The molecule has 0 aromatic heterocycles. The van der Waals surface area contributed by atoms with Gasteiger partial charge in [0.2, 0.25) is 0 Å². The van der Waals surface area contributed by atoms with Gasteiger partial charge in [0.1, 0.15) is 11.6 Å².